The molecule has 0 saturated carbocycles. The number of hydrogen-bond acceptors (Lipinski definition) is 5. The number of terminal acetylenes is 1. The average molecular weight is 343 g/mol. The molecule has 2 atom stereocenters. The van der Waals surface area contributed by atoms with E-state index in [0.717, 1.165) is 5.69 Å². The maximum atomic E-state index is 12.5. The fraction of sp³-hybridized carbons (Fsp3) is 0.588. The normalized spacial score (nSPS) is 23.4. The number of likely N-dealkylation sites (tertiary alicyclic amines) is 1. The van der Waals surface area contributed by atoms with Crippen LogP contribution in [0.2, 0.25) is 0 Å². The minimum Gasteiger partial charge on any atom is -0.481 e. The van der Waals surface area contributed by atoms with Gasteiger partial charge in [-0.05, 0) is 0 Å². The molecule has 0 radical (unpaired) electrons. The van der Waals surface area contributed by atoms with E-state index in [1.54, 1.807) is 17.4 Å². The summed E-state index contributed by atoms with van der Waals surface area (Å²) in [6.07, 6.45) is 10.6. The molecule has 8 nitrogen and oxygen atoms in total. The first-order valence-electron chi connectivity index (χ1n) is 8.30. The van der Waals surface area contributed by atoms with Crippen LogP contribution in [0.5, 0.6) is 0 Å². The summed E-state index contributed by atoms with van der Waals surface area (Å²) in [5.41, 5.74) is 0.343. The molecule has 1 saturated heterocycles. The second-order valence-electron chi connectivity index (χ2n) is 6.67. The predicted octanol–water partition coefficient (Wildman–Crippen LogP) is 1.40. The molecule has 0 bridgehead atoms. The number of amides is 1. The molecule has 0 aromatic carbocycles. The molecule has 0 unspecified atom stereocenters. The SMILES string of the molecule is C#CCCC1(CCC(=O)N2C[C@@H](C(=O)O)[C@H](c3cncn3C)C2)N=N1. The van der Waals surface area contributed by atoms with Crippen LogP contribution in [-0.2, 0) is 16.6 Å². The highest BCUT2D eigenvalue weighted by molar-refractivity contribution is 5.79. The number of imidazole rings is 1. The summed E-state index contributed by atoms with van der Waals surface area (Å²) in [6, 6.07) is 0. The molecule has 1 N–H and O–H groups in total. The predicted molar refractivity (Wildman–Crippen MR) is 88.5 cm³/mol. The minimum atomic E-state index is -0.890. The Morgan fingerprint density at radius 1 is 1.40 bits per heavy atom. The zero-order valence-corrected chi connectivity index (χ0v) is 14.1. The first-order valence-corrected chi connectivity index (χ1v) is 8.30. The van der Waals surface area contributed by atoms with E-state index in [1.807, 2.05) is 11.6 Å². The maximum Gasteiger partial charge on any atom is 0.309 e. The molecule has 3 heterocycles. The van der Waals surface area contributed by atoms with Crippen LogP contribution < -0.4 is 0 Å². The van der Waals surface area contributed by atoms with Crippen LogP contribution >= 0.6 is 0 Å². The second kappa shape index (κ2) is 6.67. The van der Waals surface area contributed by atoms with E-state index in [0.29, 0.717) is 32.2 Å². The molecule has 1 aromatic heterocycles. The Bertz CT molecular complexity index is 742. The van der Waals surface area contributed by atoms with Crippen LogP contribution in [0, 0.1) is 18.3 Å². The lowest BCUT2D eigenvalue weighted by atomic mass is 9.93. The number of carbonyl (C=O) groups is 2. The largest absolute Gasteiger partial charge is 0.481 e. The topological polar surface area (TPSA) is 100 Å². The Balaban J connectivity index is 1.61. The highest BCUT2D eigenvalue weighted by Crippen LogP contribution is 2.38. The van der Waals surface area contributed by atoms with Gasteiger partial charge in [0.1, 0.15) is 0 Å². The van der Waals surface area contributed by atoms with Gasteiger partial charge in [-0.3, -0.25) is 9.59 Å². The van der Waals surface area contributed by atoms with E-state index in [-0.39, 0.29) is 18.4 Å². The molecule has 1 fully saturated rings. The van der Waals surface area contributed by atoms with Gasteiger partial charge < -0.3 is 14.6 Å². The van der Waals surface area contributed by atoms with Crippen molar-refractivity contribution in [1.82, 2.24) is 14.5 Å². The number of aliphatic carboxylic acids is 1. The van der Waals surface area contributed by atoms with Crippen molar-refractivity contribution >= 4 is 11.9 Å². The highest BCUT2D eigenvalue weighted by Gasteiger charge is 2.43. The van der Waals surface area contributed by atoms with E-state index < -0.39 is 17.6 Å². The second-order valence-corrected chi connectivity index (χ2v) is 6.67. The Labute approximate surface area is 145 Å². The van der Waals surface area contributed by atoms with Crippen LogP contribution in [0.4, 0.5) is 0 Å². The quantitative estimate of drug-likeness (QED) is 0.756. The molecule has 1 amide bonds. The molecule has 3 rings (SSSR count). The molecular formula is C17H21N5O3. The van der Waals surface area contributed by atoms with Crippen molar-refractivity contribution in [2.24, 2.45) is 23.2 Å². The summed E-state index contributed by atoms with van der Waals surface area (Å²) in [5, 5.41) is 17.6. The van der Waals surface area contributed by atoms with Crippen LogP contribution in [0.15, 0.2) is 22.8 Å². The number of carboxylic acids is 1. The van der Waals surface area contributed by atoms with E-state index >= 15 is 0 Å². The smallest absolute Gasteiger partial charge is 0.309 e. The van der Waals surface area contributed by atoms with E-state index in [2.05, 4.69) is 21.1 Å². The summed E-state index contributed by atoms with van der Waals surface area (Å²) < 4.78 is 1.81. The molecule has 8 heteroatoms. The third-order valence-corrected chi connectivity index (χ3v) is 5.02. The lowest BCUT2D eigenvalue weighted by Gasteiger charge is -2.17. The lowest BCUT2D eigenvalue weighted by molar-refractivity contribution is -0.141. The molecular weight excluding hydrogens is 322 g/mol. The Hall–Kier alpha value is -2.69. The number of carboxylic acid groups (broad SMARTS) is 1. The third-order valence-electron chi connectivity index (χ3n) is 5.02. The molecule has 1 aromatic rings. The Kier molecular flexibility index (Phi) is 4.57. The molecule has 2 aliphatic heterocycles. The number of carbonyl (C=O) groups excluding carboxylic acids is 1. The molecule has 0 spiro atoms. The van der Waals surface area contributed by atoms with Crippen molar-refractivity contribution in [3.05, 3.63) is 18.2 Å². The number of rotatable bonds is 7. The lowest BCUT2D eigenvalue weighted by Crippen LogP contribution is -2.30. The van der Waals surface area contributed by atoms with Gasteiger partial charge in [0.15, 0.2) is 5.66 Å². The van der Waals surface area contributed by atoms with Crippen LogP contribution in [0.3, 0.4) is 0 Å². The van der Waals surface area contributed by atoms with Crippen molar-refractivity contribution in [3.8, 4) is 12.3 Å². The van der Waals surface area contributed by atoms with Gasteiger partial charge in [0.2, 0.25) is 5.91 Å². The maximum absolute atomic E-state index is 12.5. The van der Waals surface area contributed by atoms with Crippen LogP contribution in [0.1, 0.15) is 37.3 Å². The summed E-state index contributed by atoms with van der Waals surface area (Å²) in [6.45, 7) is 0.608. The number of aryl methyl sites for hydroxylation is 1. The van der Waals surface area contributed by atoms with Crippen LogP contribution in [0.25, 0.3) is 0 Å². The molecule has 25 heavy (non-hydrogen) atoms. The van der Waals surface area contributed by atoms with Crippen molar-refractivity contribution in [2.75, 3.05) is 13.1 Å². The summed E-state index contributed by atoms with van der Waals surface area (Å²) in [7, 11) is 1.83. The minimum absolute atomic E-state index is 0.0618. The Morgan fingerprint density at radius 3 is 2.72 bits per heavy atom. The summed E-state index contributed by atoms with van der Waals surface area (Å²) >= 11 is 0. The van der Waals surface area contributed by atoms with Crippen molar-refractivity contribution in [2.45, 2.75) is 37.3 Å². The van der Waals surface area contributed by atoms with Gasteiger partial charge in [-0.1, -0.05) is 0 Å². The summed E-state index contributed by atoms with van der Waals surface area (Å²) in [5.74, 6) is 0.741. The van der Waals surface area contributed by atoms with E-state index in [4.69, 9.17) is 6.42 Å². The van der Waals surface area contributed by atoms with Gasteiger partial charge in [-0.2, -0.15) is 10.2 Å². The van der Waals surface area contributed by atoms with Crippen molar-refractivity contribution in [1.29, 1.82) is 0 Å². The van der Waals surface area contributed by atoms with E-state index in [1.165, 1.54) is 0 Å². The first-order chi connectivity index (χ1) is 12.0. The zero-order chi connectivity index (χ0) is 18.0. The molecule has 132 valence electrons. The monoisotopic (exact) mass is 343 g/mol. The van der Waals surface area contributed by atoms with Gasteiger partial charge in [-0.25, -0.2) is 4.98 Å². The number of aromatic nitrogens is 2. The van der Waals surface area contributed by atoms with Gasteiger partial charge >= 0.3 is 5.97 Å². The number of nitrogens with zero attached hydrogens (tertiary/aromatic N) is 5. The number of hydrogen-bond donors (Lipinski definition) is 1. The van der Waals surface area contributed by atoms with Crippen molar-refractivity contribution < 1.29 is 14.7 Å². The fourth-order valence-electron chi connectivity index (χ4n) is 3.42. The van der Waals surface area contributed by atoms with Crippen LogP contribution in [-0.4, -0.2) is 50.2 Å². The average Bonchev–Trinajstić information content (AvgIpc) is 3.00. The van der Waals surface area contributed by atoms with E-state index in [9.17, 15) is 14.7 Å². The third kappa shape index (κ3) is 3.55. The highest BCUT2D eigenvalue weighted by atomic mass is 16.4. The molecule has 0 aliphatic carbocycles. The van der Waals surface area contributed by atoms with Crippen molar-refractivity contribution in [3.63, 3.8) is 0 Å². The summed E-state index contributed by atoms with van der Waals surface area (Å²) in [4.78, 5) is 29.9. The first kappa shape index (κ1) is 17.1. The van der Waals surface area contributed by atoms with Gasteiger partial charge in [0.25, 0.3) is 0 Å². The van der Waals surface area contributed by atoms with Gasteiger partial charge in [0, 0.05) is 63.6 Å². The Morgan fingerprint density at radius 2 is 2.16 bits per heavy atom. The standard InChI is InChI=1S/C17H21N5O3/c1-3-4-6-17(19-20-17)7-5-15(23)22-9-12(13(10-22)16(24)25)14-8-18-11-21(14)2/h1,8,11-13H,4-7,9-10H2,2H3,(H,24,25)/t12-,13-/m1/s1. The fourth-order valence-corrected chi connectivity index (χ4v) is 3.42. The van der Waals surface area contributed by atoms with Gasteiger partial charge in [-0.15, -0.1) is 12.3 Å². The molecule has 2 aliphatic rings. The van der Waals surface area contributed by atoms with Gasteiger partial charge in [0.05, 0.1) is 12.2 Å². The zero-order valence-electron chi connectivity index (χ0n) is 14.1.